The number of aryl methyl sites for hydroxylation is 2. The molecule has 0 aliphatic carbocycles. The second-order valence-corrected chi connectivity index (χ2v) is 5.43. The quantitative estimate of drug-likeness (QED) is 0.801. The Morgan fingerprint density at radius 1 is 1.16 bits per heavy atom. The number of nitrogens with one attached hydrogen (secondary N) is 2. The minimum atomic E-state index is -3.87. The highest BCUT2D eigenvalue weighted by Crippen LogP contribution is 2.25. The molecule has 1 rings (SSSR count). The van der Waals surface area contributed by atoms with E-state index in [0.717, 1.165) is 7.11 Å². The molecule has 0 radical (unpaired) electrons. The van der Waals surface area contributed by atoms with Crippen molar-refractivity contribution in [1.82, 2.24) is 10.3 Å². The van der Waals surface area contributed by atoms with Crippen LogP contribution in [0.4, 0.5) is 4.79 Å². The predicted molar refractivity (Wildman–Crippen MR) is 68.3 cm³/mol. The second-order valence-electron chi connectivity index (χ2n) is 3.81. The van der Waals surface area contributed by atoms with Crippen molar-refractivity contribution in [2.45, 2.75) is 18.7 Å². The van der Waals surface area contributed by atoms with Crippen molar-refractivity contribution >= 4 is 16.1 Å². The number of methoxy groups -OCH3 is 2. The zero-order valence-electron chi connectivity index (χ0n) is 11.1. The van der Waals surface area contributed by atoms with Gasteiger partial charge in [0, 0.05) is 0 Å². The van der Waals surface area contributed by atoms with Gasteiger partial charge in [0.1, 0.15) is 5.75 Å². The van der Waals surface area contributed by atoms with E-state index in [-0.39, 0.29) is 4.90 Å². The number of ether oxygens (including phenoxy) is 2. The zero-order valence-corrected chi connectivity index (χ0v) is 11.9. The number of carbonyl (C=O) groups excluding carboxylic acids is 1. The van der Waals surface area contributed by atoms with Crippen LogP contribution in [0, 0.1) is 13.8 Å². The van der Waals surface area contributed by atoms with Crippen molar-refractivity contribution in [3.05, 3.63) is 23.3 Å². The van der Waals surface area contributed by atoms with Gasteiger partial charge in [0.15, 0.2) is 0 Å². The van der Waals surface area contributed by atoms with Gasteiger partial charge in [-0.2, -0.15) is 0 Å². The fraction of sp³-hybridized carbons (Fsp3) is 0.364. The summed E-state index contributed by atoms with van der Waals surface area (Å²) in [6, 6.07) is 3.19. The summed E-state index contributed by atoms with van der Waals surface area (Å²) in [5.41, 5.74) is 2.94. The minimum absolute atomic E-state index is 0.0877. The van der Waals surface area contributed by atoms with Gasteiger partial charge in [-0.15, -0.1) is 4.83 Å². The van der Waals surface area contributed by atoms with E-state index in [1.807, 2.05) is 10.3 Å². The number of rotatable bonds is 4. The second kappa shape index (κ2) is 5.89. The maximum atomic E-state index is 12.1. The molecule has 19 heavy (non-hydrogen) atoms. The van der Waals surface area contributed by atoms with Crippen LogP contribution in [0.25, 0.3) is 0 Å². The Bertz CT molecular complexity index is 560. The minimum Gasteiger partial charge on any atom is -0.497 e. The Labute approximate surface area is 111 Å². The van der Waals surface area contributed by atoms with Crippen LogP contribution in [-0.2, 0) is 14.8 Å². The third-order valence-corrected chi connectivity index (χ3v) is 3.96. The summed E-state index contributed by atoms with van der Waals surface area (Å²) in [7, 11) is -1.24. The van der Waals surface area contributed by atoms with E-state index in [9.17, 15) is 13.2 Å². The summed E-state index contributed by atoms with van der Waals surface area (Å²) in [6.07, 6.45) is -0.896. The molecule has 8 heteroatoms. The molecule has 1 aromatic rings. The highest BCUT2D eigenvalue weighted by molar-refractivity contribution is 7.89. The van der Waals surface area contributed by atoms with Crippen LogP contribution < -0.4 is 15.0 Å². The Hall–Kier alpha value is -1.80. The largest absolute Gasteiger partial charge is 0.497 e. The molecule has 0 heterocycles. The molecule has 1 aromatic carbocycles. The smallest absolute Gasteiger partial charge is 0.422 e. The lowest BCUT2D eigenvalue weighted by atomic mass is 10.1. The van der Waals surface area contributed by atoms with Crippen LogP contribution in [0.2, 0.25) is 0 Å². The topological polar surface area (TPSA) is 93.7 Å². The molecule has 2 N–H and O–H groups in total. The van der Waals surface area contributed by atoms with Gasteiger partial charge in [-0.3, -0.25) is 0 Å². The number of hydrogen-bond acceptors (Lipinski definition) is 5. The molecule has 0 bridgehead atoms. The van der Waals surface area contributed by atoms with Crippen LogP contribution in [0.1, 0.15) is 11.1 Å². The lowest BCUT2D eigenvalue weighted by Gasteiger charge is -2.13. The first-order chi connectivity index (χ1) is 8.81. The normalized spacial score (nSPS) is 10.9. The van der Waals surface area contributed by atoms with Crippen LogP contribution in [0.15, 0.2) is 17.0 Å². The van der Waals surface area contributed by atoms with Gasteiger partial charge in [0.05, 0.1) is 19.1 Å². The zero-order chi connectivity index (χ0) is 14.6. The number of hydrazine groups is 1. The Morgan fingerprint density at radius 3 is 2.11 bits per heavy atom. The van der Waals surface area contributed by atoms with Gasteiger partial charge in [-0.25, -0.2) is 18.6 Å². The molecule has 0 atom stereocenters. The number of sulfonamides is 1. The monoisotopic (exact) mass is 288 g/mol. The standard InChI is InChI=1S/C11H16N2O5S/c1-7-5-9(17-3)6-8(2)10(7)19(15,16)13-12-11(14)18-4/h5-6,13H,1-4H3,(H,12,14). The average molecular weight is 288 g/mol. The summed E-state index contributed by atoms with van der Waals surface area (Å²) in [4.78, 5) is 12.9. The van der Waals surface area contributed by atoms with E-state index in [4.69, 9.17) is 4.74 Å². The predicted octanol–water partition coefficient (Wildman–Crippen LogP) is 0.861. The van der Waals surface area contributed by atoms with Gasteiger partial charge < -0.3 is 9.47 Å². The van der Waals surface area contributed by atoms with Crippen molar-refractivity contribution in [1.29, 1.82) is 0 Å². The lowest BCUT2D eigenvalue weighted by molar-refractivity contribution is 0.169. The molecular weight excluding hydrogens is 272 g/mol. The first kappa shape index (κ1) is 15.3. The van der Waals surface area contributed by atoms with E-state index in [1.165, 1.54) is 7.11 Å². The van der Waals surface area contributed by atoms with Crippen molar-refractivity contribution in [2.24, 2.45) is 0 Å². The molecule has 0 unspecified atom stereocenters. The molecule has 1 amide bonds. The summed E-state index contributed by atoms with van der Waals surface area (Å²) in [5, 5.41) is 0. The maximum absolute atomic E-state index is 12.1. The van der Waals surface area contributed by atoms with E-state index in [0.29, 0.717) is 16.9 Å². The highest BCUT2D eigenvalue weighted by Gasteiger charge is 2.21. The molecule has 0 spiro atoms. The summed E-state index contributed by atoms with van der Waals surface area (Å²) >= 11 is 0. The van der Waals surface area contributed by atoms with E-state index in [2.05, 4.69) is 4.74 Å². The highest BCUT2D eigenvalue weighted by atomic mass is 32.2. The molecule has 0 aliphatic heterocycles. The molecule has 0 aliphatic rings. The van der Waals surface area contributed by atoms with Crippen molar-refractivity contribution in [3.8, 4) is 5.75 Å². The van der Waals surface area contributed by atoms with Crippen LogP contribution >= 0.6 is 0 Å². The molecule has 0 saturated carbocycles. The molecule has 0 fully saturated rings. The lowest BCUT2D eigenvalue weighted by Crippen LogP contribution is -2.41. The SMILES string of the molecule is COC(=O)NNS(=O)(=O)c1c(C)cc(OC)cc1C. The van der Waals surface area contributed by atoms with Crippen molar-refractivity contribution in [3.63, 3.8) is 0 Å². The van der Waals surface area contributed by atoms with Gasteiger partial charge >= 0.3 is 6.09 Å². The Kier molecular flexibility index (Phi) is 4.73. The molecular formula is C11H16N2O5S. The fourth-order valence-corrected chi connectivity index (χ4v) is 2.95. The third-order valence-electron chi connectivity index (χ3n) is 2.41. The summed E-state index contributed by atoms with van der Waals surface area (Å²) in [5.74, 6) is 0.565. The first-order valence-corrected chi connectivity index (χ1v) is 6.81. The Balaban J connectivity index is 3.11. The molecule has 0 saturated heterocycles. The average Bonchev–Trinajstić information content (AvgIpc) is 2.34. The summed E-state index contributed by atoms with van der Waals surface area (Å²) < 4.78 is 33.5. The third kappa shape index (κ3) is 3.58. The van der Waals surface area contributed by atoms with Crippen LogP contribution in [0.3, 0.4) is 0 Å². The van der Waals surface area contributed by atoms with Crippen molar-refractivity contribution in [2.75, 3.05) is 14.2 Å². The Morgan fingerprint density at radius 2 is 1.68 bits per heavy atom. The van der Waals surface area contributed by atoms with Gasteiger partial charge in [0.25, 0.3) is 10.0 Å². The van der Waals surface area contributed by atoms with E-state index in [1.54, 1.807) is 26.0 Å². The van der Waals surface area contributed by atoms with Crippen LogP contribution in [-0.4, -0.2) is 28.7 Å². The number of carbonyl (C=O) groups is 1. The number of benzene rings is 1. The molecule has 7 nitrogen and oxygen atoms in total. The fourth-order valence-electron chi connectivity index (χ4n) is 1.66. The number of hydrogen-bond donors (Lipinski definition) is 2. The maximum Gasteiger partial charge on any atom is 0.422 e. The summed E-state index contributed by atoms with van der Waals surface area (Å²) in [6.45, 7) is 3.28. The van der Waals surface area contributed by atoms with E-state index < -0.39 is 16.1 Å². The van der Waals surface area contributed by atoms with Crippen molar-refractivity contribution < 1.29 is 22.7 Å². The first-order valence-electron chi connectivity index (χ1n) is 5.33. The molecule has 106 valence electrons. The molecule has 0 aromatic heterocycles. The van der Waals surface area contributed by atoms with Gasteiger partial charge in [0.2, 0.25) is 0 Å². The van der Waals surface area contributed by atoms with Gasteiger partial charge in [-0.1, -0.05) is 0 Å². The van der Waals surface area contributed by atoms with Gasteiger partial charge in [-0.05, 0) is 37.1 Å². The van der Waals surface area contributed by atoms with E-state index >= 15 is 0 Å². The van der Waals surface area contributed by atoms with Crippen LogP contribution in [0.5, 0.6) is 5.75 Å². The number of amides is 1.